The monoisotopic (exact) mass is 409 g/mol. The summed E-state index contributed by atoms with van der Waals surface area (Å²) in [5.74, 6) is -1.07. The molecule has 0 heterocycles. The number of carbonyl (C=O) groups is 1. The smallest absolute Gasteiger partial charge is 0.261 e. The van der Waals surface area contributed by atoms with Crippen molar-refractivity contribution in [1.29, 1.82) is 5.26 Å². The normalized spacial score (nSPS) is 23.3. The number of alkyl halides is 1. The molecule has 4 atom stereocenters. The predicted molar refractivity (Wildman–Crippen MR) is 115 cm³/mol. The van der Waals surface area contributed by atoms with Crippen molar-refractivity contribution in [2.75, 3.05) is 0 Å². The summed E-state index contributed by atoms with van der Waals surface area (Å²) in [6.45, 7) is 6.47. The largest absolute Gasteiger partial charge is 0.401 e. The molecule has 1 aliphatic rings. The molecule has 2 aromatic rings. The van der Waals surface area contributed by atoms with E-state index in [-0.39, 0.29) is 17.4 Å². The number of hydrogen-bond acceptors (Lipinski definition) is 3. The van der Waals surface area contributed by atoms with Gasteiger partial charge in [0, 0.05) is 0 Å². The van der Waals surface area contributed by atoms with E-state index in [9.17, 15) is 10.1 Å². The number of carbonyl (C=O) groups excluding carboxylic acids is 1. The van der Waals surface area contributed by atoms with E-state index in [0.717, 1.165) is 10.4 Å². The summed E-state index contributed by atoms with van der Waals surface area (Å²) in [7, 11) is -2.85. The number of rotatable bonds is 6. The summed E-state index contributed by atoms with van der Waals surface area (Å²) in [4.78, 5) is 11.2. The number of hydrogen-bond donors (Lipinski definition) is 0. The highest BCUT2D eigenvalue weighted by Crippen LogP contribution is 2.42. The van der Waals surface area contributed by atoms with Gasteiger partial charge in [0.2, 0.25) is 0 Å². The Bertz CT molecular complexity index is 820. The highest BCUT2D eigenvalue weighted by molar-refractivity contribution is 6.99. The van der Waals surface area contributed by atoms with Crippen LogP contribution in [-0.2, 0) is 9.22 Å². The van der Waals surface area contributed by atoms with Gasteiger partial charge >= 0.3 is 0 Å². The maximum absolute atomic E-state index is 15.1. The third-order valence-corrected chi connectivity index (χ3v) is 11.1. The van der Waals surface area contributed by atoms with Gasteiger partial charge in [0.05, 0.1) is 12.2 Å². The number of aldehydes is 1. The van der Waals surface area contributed by atoms with Gasteiger partial charge in [-0.3, -0.25) is 0 Å². The second-order valence-corrected chi connectivity index (χ2v) is 13.1. The summed E-state index contributed by atoms with van der Waals surface area (Å²) < 4.78 is 21.9. The standard InChI is InChI=1S/C24H28FNO2Si/c1-24(2,3)29(20-10-6-4-7-11-20,21-12-8-5-9-13-21)28-23-15-18(14-22(23)25)19(16-26)17-27/h4-13,17-19,22-23H,14-15H2,1-3H3/t18-,19?,22-,23-/m0/s1. The molecule has 0 spiro atoms. The van der Waals surface area contributed by atoms with E-state index in [1.54, 1.807) is 0 Å². The lowest BCUT2D eigenvalue weighted by Gasteiger charge is -2.45. The van der Waals surface area contributed by atoms with Gasteiger partial charge in [-0.05, 0) is 34.2 Å². The minimum absolute atomic E-state index is 0.194. The minimum atomic E-state index is -2.85. The van der Waals surface area contributed by atoms with Crippen molar-refractivity contribution in [1.82, 2.24) is 0 Å². The van der Waals surface area contributed by atoms with Crippen molar-refractivity contribution in [3.63, 3.8) is 0 Å². The van der Waals surface area contributed by atoms with Gasteiger partial charge in [-0.15, -0.1) is 0 Å². The molecule has 1 fully saturated rings. The average molecular weight is 410 g/mol. The van der Waals surface area contributed by atoms with Crippen molar-refractivity contribution >= 4 is 25.0 Å². The molecule has 0 aliphatic heterocycles. The number of nitriles is 1. The van der Waals surface area contributed by atoms with Crippen LogP contribution in [0, 0.1) is 23.2 Å². The van der Waals surface area contributed by atoms with Gasteiger partial charge in [0.15, 0.2) is 0 Å². The lowest BCUT2D eigenvalue weighted by molar-refractivity contribution is -0.110. The zero-order valence-corrected chi connectivity index (χ0v) is 18.2. The molecule has 0 radical (unpaired) electrons. The van der Waals surface area contributed by atoms with Crippen molar-refractivity contribution in [2.45, 2.75) is 50.9 Å². The first-order valence-electron chi connectivity index (χ1n) is 10.1. The van der Waals surface area contributed by atoms with Crippen LogP contribution >= 0.6 is 0 Å². The van der Waals surface area contributed by atoms with Crippen LogP contribution in [0.4, 0.5) is 4.39 Å². The van der Waals surface area contributed by atoms with Gasteiger partial charge in [-0.25, -0.2) is 4.39 Å². The molecule has 152 valence electrons. The van der Waals surface area contributed by atoms with E-state index in [1.165, 1.54) is 0 Å². The van der Waals surface area contributed by atoms with Crippen LogP contribution in [0.5, 0.6) is 0 Å². The van der Waals surface area contributed by atoms with Gasteiger partial charge in [-0.2, -0.15) is 5.26 Å². The van der Waals surface area contributed by atoms with E-state index in [4.69, 9.17) is 4.43 Å². The van der Waals surface area contributed by atoms with E-state index in [1.807, 2.05) is 42.5 Å². The minimum Gasteiger partial charge on any atom is -0.401 e. The molecule has 29 heavy (non-hydrogen) atoms. The lowest BCUT2D eigenvalue weighted by atomic mass is 9.93. The maximum Gasteiger partial charge on any atom is 0.261 e. The molecular weight excluding hydrogens is 381 g/mol. The van der Waals surface area contributed by atoms with E-state index in [2.05, 4.69) is 45.0 Å². The van der Waals surface area contributed by atoms with Gasteiger partial charge in [-0.1, -0.05) is 81.4 Å². The molecule has 0 aromatic heterocycles. The highest BCUT2D eigenvalue weighted by atomic mass is 28.4. The Morgan fingerprint density at radius 3 is 2.00 bits per heavy atom. The highest BCUT2D eigenvalue weighted by Gasteiger charge is 2.53. The molecule has 5 heteroatoms. The van der Waals surface area contributed by atoms with Crippen LogP contribution in [0.3, 0.4) is 0 Å². The maximum atomic E-state index is 15.1. The molecule has 3 rings (SSSR count). The first-order chi connectivity index (χ1) is 13.8. The Morgan fingerprint density at radius 1 is 1.07 bits per heavy atom. The predicted octanol–water partition coefficient (Wildman–Crippen LogP) is 4.02. The summed E-state index contributed by atoms with van der Waals surface area (Å²) >= 11 is 0. The molecule has 0 amide bonds. The molecule has 1 aliphatic carbocycles. The van der Waals surface area contributed by atoms with Gasteiger partial charge < -0.3 is 9.22 Å². The Morgan fingerprint density at radius 2 is 1.59 bits per heavy atom. The Labute approximate surface area is 173 Å². The van der Waals surface area contributed by atoms with Crippen LogP contribution in [0.25, 0.3) is 0 Å². The zero-order valence-electron chi connectivity index (χ0n) is 17.2. The fourth-order valence-corrected chi connectivity index (χ4v) is 9.28. The molecule has 1 unspecified atom stereocenters. The van der Waals surface area contributed by atoms with Crippen LogP contribution < -0.4 is 10.4 Å². The second-order valence-electron chi connectivity index (χ2n) is 8.86. The first-order valence-corrected chi connectivity index (χ1v) is 12.0. The summed E-state index contributed by atoms with van der Waals surface area (Å²) in [6.07, 6.45) is -0.579. The van der Waals surface area contributed by atoms with Crippen LogP contribution in [0.2, 0.25) is 5.04 Å². The Kier molecular flexibility index (Phi) is 6.35. The van der Waals surface area contributed by atoms with Gasteiger partial charge in [0.25, 0.3) is 8.32 Å². The van der Waals surface area contributed by atoms with Crippen LogP contribution in [-0.4, -0.2) is 26.9 Å². The van der Waals surface area contributed by atoms with Crippen molar-refractivity contribution in [2.24, 2.45) is 11.8 Å². The Balaban J connectivity index is 2.07. The molecule has 0 bridgehead atoms. The molecular formula is C24H28FNO2Si. The summed E-state index contributed by atoms with van der Waals surface area (Å²) in [5.41, 5.74) is 0. The number of nitrogens with zero attached hydrogens (tertiary/aromatic N) is 1. The summed E-state index contributed by atoms with van der Waals surface area (Å²) in [6, 6.07) is 22.3. The number of halogens is 1. The molecule has 1 saturated carbocycles. The lowest BCUT2D eigenvalue weighted by Crippen LogP contribution is -2.68. The van der Waals surface area contributed by atoms with E-state index < -0.39 is 26.5 Å². The molecule has 2 aromatic carbocycles. The fourth-order valence-electron chi connectivity index (χ4n) is 4.56. The second kappa shape index (κ2) is 8.60. The Hall–Kier alpha value is -2.29. The fraction of sp³-hybridized carbons (Fsp3) is 0.417. The average Bonchev–Trinajstić information content (AvgIpc) is 3.07. The first kappa shape index (κ1) is 21.4. The van der Waals surface area contributed by atoms with Crippen molar-refractivity contribution in [3.05, 3.63) is 60.7 Å². The van der Waals surface area contributed by atoms with E-state index in [0.29, 0.717) is 12.7 Å². The van der Waals surface area contributed by atoms with Gasteiger partial charge in [0.1, 0.15) is 18.4 Å². The number of benzene rings is 2. The topological polar surface area (TPSA) is 50.1 Å². The molecule has 0 N–H and O–H groups in total. The SMILES string of the molecule is CC(C)(C)[Si](O[C@H]1C[C@@H](C(C#N)C=O)C[C@@H]1F)(c1ccccc1)c1ccccc1. The third kappa shape index (κ3) is 4.05. The summed E-state index contributed by atoms with van der Waals surface area (Å²) in [5, 5.41) is 11.2. The molecule has 0 saturated heterocycles. The van der Waals surface area contributed by atoms with Crippen LogP contribution in [0.1, 0.15) is 33.6 Å². The molecule has 3 nitrogen and oxygen atoms in total. The zero-order chi connectivity index (χ0) is 21.1. The third-order valence-electron chi connectivity index (χ3n) is 6.01. The quantitative estimate of drug-likeness (QED) is 0.535. The van der Waals surface area contributed by atoms with Crippen molar-refractivity contribution < 1.29 is 13.6 Å². The van der Waals surface area contributed by atoms with E-state index >= 15 is 4.39 Å². The van der Waals surface area contributed by atoms with Crippen LogP contribution in [0.15, 0.2) is 60.7 Å². The van der Waals surface area contributed by atoms with Crippen molar-refractivity contribution in [3.8, 4) is 6.07 Å².